The second-order valence-electron chi connectivity index (χ2n) is 8.31. The Morgan fingerprint density at radius 1 is 1.10 bits per heavy atom. The quantitative estimate of drug-likeness (QED) is 0.539. The molecule has 3 amide bonds. The zero-order valence-electron chi connectivity index (χ0n) is 19.1. The maximum absolute atomic E-state index is 13.1. The van der Waals surface area contributed by atoms with E-state index >= 15 is 0 Å². The zero-order chi connectivity index (χ0) is 22.8. The van der Waals surface area contributed by atoms with E-state index < -0.39 is 6.04 Å². The Balaban J connectivity index is 1.85. The van der Waals surface area contributed by atoms with Crippen LogP contribution < -0.4 is 10.6 Å². The summed E-state index contributed by atoms with van der Waals surface area (Å²) in [6, 6.07) is 6.78. The van der Waals surface area contributed by atoms with Gasteiger partial charge in [-0.1, -0.05) is 32.0 Å². The molecule has 1 aromatic rings. The first-order valence-electron chi connectivity index (χ1n) is 11.0. The molecule has 0 radical (unpaired) electrons. The lowest BCUT2D eigenvalue weighted by Crippen LogP contribution is -2.57. The lowest BCUT2D eigenvalue weighted by atomic mass is 10.0. The Labute approximate surface area is 185 Å². The van der Waals surface area contributed by atoms with E-state index in [-0.39, 0.29) is 23.6 Å². The molecule has 0 aromatic heterocycles. The summed E-state index contributed by atoms with van der Waals surface area (Å²) >= 11 is 0. The molecule has 1 aliphatic rings. The maximum atomic E-state index is 13.1. The molecule has 31 heavy (non-hydrogen) atoms. The fraction of sp³-hybridized carbons (Fsp3) is 0.609. The number of nitrogens with one attached hydrogen (secondary N) is 2. The third kappa shape index (κ3) is 7.63. The van der Waals surface area contributed by atoms with E-state index in [4.69, 9.17) is 4.74 Å². The Kier molecular flexibility index (Phi) is 9.94. The SMILES string of the molecule is COCCCNC(=O)CN1CCN(C(=O)C(NC(=O)c2ccccc2C)C(C)C)CC1. The van der Waals surface area contributed by atoms with E-state index in [9.17, 15) is 14.4 Å². The van der Waals surface area contributed by atoms with Crippen molar-refractivity contribution >= 4 is 17.7 Å². The van der Waals surface area contributed by atoms with Crippen LogP contribution in [0.1, 0.15) is 36.2 Å². The molecule has 0 aliphatic carbocycles. The van der Waals surface area contributed by atoms with Crippen LogP contribution in [0.2, 0.25) is 0 Å². The molecule has 1 heterocycles. The van der Waals surface area contributed by atoms with Crippen LogP contribution in [0.25, 0.3) is 0 Å². The molecule has 0 spiro atoms. The van der Waals surface area contributed by atoms with Crippen LogP contribution in [0.4, 0.5) is 0 Å². The van der Waals surface area contributed by atoms with E-state index in [0.29, 0.717) is 51.4 Å². The highest BCUT2D eigenvalue weighted by Gasteiger charge is 2.31. The molecule has 2 rings (SSSR count). The third-order valence-electron chi connectivity index (χ3n) is 5.51. The van der Waals surface area contributed by atoms with Crippen molar-refractivity contribution < 1.29 is 19.1 Å². The molecule has 2 N–H and O–H groups in total. The van der Waals surface area contributed by atoms with Gasteiger partial charge >= 0.3 is 0 Å². The van der Waals surface area contributed by atoms with Gasteiger partial charge in [0.25, 0.3) is 5.91 Å². The average molecular weight is 433 g/mol. The van der Waals surface area contributed by atoms with E-state index in [2.05, 4.69) is 10.6 Å². The van der Waals surface area contributed by atoms with Crippen molar-refractivity contribution in [2.24, 2.45) is 5.92 Å². The topological polar surface area (TPSA) is 91.0 Å². The van der Waals surface area contributed by atoms with Crippen molar-refractivity contribution in [1.29, 1.82) is 0 Å². The highest BCUT2D eigenvalue weighted by molar-refractivity contribution is 5.98. The van der Waals surface area contributed by atoms with Crippen molar-refractivity contribution in [2.75, 3.05) is 53.0 Å². The van der Waals surface area contributed by atoms with Gasteiger partial charge in [-0.2, -0.15) is 0 Å². The molecule has 1 fully saturated rings. The monoisotopic (exact) mass is 432 g/mol. The van der Waals surface area contributed by atoms with Crippen LogP contribution in [0.15, 0.2) is 24.3 Å². The summed E-state index contributed by atoms with van der Waals surface area (Å²) in [4.78, 5) is 41.7. The minimum atomic E-state index is -0.581. The van der Waals surface area contributed by atoms with Crippen LogP contribution in [0, 0.1) is 12.8 Å². The Morgan fingerprint density at radius 3 is 2.39 bits per heavy atom. The number of carbonyl (C=O) groups excluding carboxylic acids is 3. The molecular weight excluding hydrogens is 396 g/mol. The van der Waals surface area contributed by atoms with Crippen LogP contribution >= 0.6 is 0 Å². The molecule has 1 aliphatic heterocycles. The van der Waals surface area contributed by atoms with Crippen molar-refractivity contribution in [3.8, 4) is 0 Å². The summed E-state index contributed by atoms with van der Waals surface area (Å²) in [6.45, 7) is 9.65. The number of nitrogens with zero attached hydrogens (tertiary/aromatic N) is 2. The summed E-state index contributed by atoms with van der Waals surface area (Å²) in [7, 11) is 1.64. The van der Waals surface area contributed by atoms with Gasteiger partial charge in [0.15, 0.2) is 0 Å². The maximum Gasteiger partial charge on any atom is 0.252 e. The van der Waals surface area contributed by atoms with Gasteiger partial charge in [0.05, 0.1) is 6.54 Å². The molecule has 0 saturated carbocycles. The number of carbonyl (C=O) groups is 3. The number of rotatable bonds is 10. The highest BCUT2D eigenvalue weighted by Crippen LogP contribution is 2.12. The van der Waals surface area contributed by atoms with Gasteiger partial charge in [-0.15, -0.1) is 0 Å². The molecule has 1 unspecified atom stereocenters. The first kappa shape index (κ1) is 24.8. The molecule has 1 atom stereocenters. The smallest absolute Gasteiger partial charge is 0.252 e. The standard InChI is InChI=1S/C23H36N4O4/c1-17(2)21(25-22(29)19-9-6-5-8-18(19)3)23(30)27-13-11-26(12-14-27)16-20(28)24-10-7-15-31-4/h5-6,8-9,17,21H,7,10-16H2,1-4H3,(H,24,28)(H,25,29). The van der Waals surface area contributed by atoms with E-state index in [1.165, 1.54) is 0 Å². The average Bonchev–Trinajstić information content (AvgIpc) is 2.75. The minimum absolute atomic E-state index is 0.0126. The van der Waals surface area contributed by atoms with Gasteiger partial charge in [0.2, 0.25) is 11.8 Å². The summed E-state index contributed by atoms with van der Waals surface area (Å²) in [6.07, 6.45) is 0.787. The highest BCUT2D eigenvalue weighted by atomic mass is 16.5. The fourth-order valence-corrected chi connectivity index (χ4v) is 3.59. The largest absolute Gasteiger partial charge is 0.385 e. The molecule has 8 nitrogen and oxygen atoms in total. The number of ether oxygens (including phenoxy) is 1. The van der Waals surface area contributed by atoms with Gasteiger partial charge in [-0.3, -0.25) is 19.3 Å². The Hall–Kier alpha value is -2.45. The molecule has 172 valence electrons. The van der Waals surface area contributed by atoms with E-state index in [0.717, 1.165) is 12.0 Å². The number of aryl methyl sites for hydroxylation is 1. The lowest BCUT2D eigenvalue weighted by molar-refractivity contribution is -0.136. The zero-order valence-corrected chi connectivity index (χ0v) is 19.1. The van der Waals surface area contributed by atoms with Gasteiger partial charge in [-0.25, -0.2) is 0 Å². The fourth-order valence-electron chi connectivity index (χ4n) is 3.59. The molecule has 1 aromatic carbocycles. The molecule has 8 heteroatoms. The van der Waals surface area contributed by atoms with Crippen molar-refractivity contribution in [3.63, 3.8) is 0 Å². The van der Waals surface area contributed by atoms with Crippen molar-refractivity contribution in [3.05, 3.63) is 35.4 Å². The van der Waals surface area contributed by atoms with Crippen molar-refractivity contribution in [2.45, 2.75) is 33.2 Å². The number of piperazine rings is 1. The minimum Gasteiger partial charge on any atom is -0.385 e. The summed E-state index contributed by atoms with van der Waals surface area (Å²) < 4.78 is 4.97. The van der Waals surface area contributed by atoms with E-state index in [1.54, 1.807) is 18.1 Å². The molecular formula is C23H36N4O4. The number of methoxy groups -OCH3 is 1. The number of hydrogen-bond donors (Lipinski definition) is 2. The Morgan fingerprint density at radius 2 is 1.77 bits per heavy atom. The van der Waals surface area contributed by atoms with Crippen molar-refractivity contribution in [1.82, 2.24) is 20.4 Å². The first-order valence-corrected chi connectivity index (χ1v) is 11.0. The van der Waals surface area contributed by atoms with Gasteiger partial charge in [-0.05, 0) is 30.9 Å². The second kappa shape index (κ2) is 12.4. The molecule has 0 bridgehead atoms. The summed E-state index contributed by atoms with van der Waals surface area (Å²) in [5, 5.41) is 5.81. The number of hydrogen-bond acceptors (Lipinski definition) is 5. The van der Waals surface area contributed by atoms with Gasteiger partial charge < -0.3 is 20.3 Å². The van der Waals surface area contributed by atoms with E-state index in [1.807, 2.05) is 43.9 Å². The van der Waals surface area contributed by atoms with Crippen LogP contribution in [0.5, 0.6) is 0 Å². The van der Waals surface area contributed by atoms with Crippen LogP contribution in [-0.2, 0) is 14.3 Å². The number of benzene rings is 1. The predicted octanol–water partition coefficient (Wildman–Crippen LogP) is 1.05. The lowest BCUT2D eigenvalue weighted by Gasteiger charge is -2.37. The number of amides is 3. The normalized spacial score (nSPS) is 15.6. The Bertz CT molecular complexity index is 745. The molecule has 1 saturated heterocycles. The summed E-state index contributed by atoms with van der Waals surface area (Å²) in [5.74, 6) is -0.340. The van der Waals surface area contributed by atoms with Crippen LogP contribution in [0.3, 0.4) is 0 Å². The van der Waals surface area contributed by atoms with Gasteiger partial charge in [0, 0.05) is 52.0 Å². The first-order chi connectivity index (χ1) is 14.8. The van der Waals surface area contributed by atoms with Gasteiger partial charge in [0.1, 0.15) is 6.04 Å². The summed E-state index contributed by atoms with van der Waals surface area (Å²) in [5.41, 5.74) is 1.46. The second-order valence-corrected chi connectivity index (χ2v) is 8.31. The third-order valence-corrected chi connectivity index (χ3v) is 5.51. The van der Waals surface area contributed by atoms with Crippen LogP contribution in [-0.4, -0.2) is 86.5 Å². The predicted molar refractivity (Wildman–Crippen MR) is 120 cm³/mol.